The molecule has 0 atom stereocenters. The van der Waals surface area contributed by atoms with E-state index in [9.17, 15) is 13.2 Å². The molecule has 0 radical (unpaired) electrons. The molecule has 0 spiro atoms. The second kappa shape index (κ2) is 3.87. The average Bonchev–Trinajstić information content (AvgIpc) is 2.90. The van der Waals surface area contributed by atoms with Crippen LogP contribution in [0.5, 0.6) is 0 Å². The van der Waals surface area contributed by atoms with Crippen molar-refractivity contribution in [2.24, 2.45) is 0 Å². The van der Waals surface area contributed by atoms with Gasteiger partial charge in [-0.3, -0.25) is 0 Å². The number of aromatic nitrogens is 5. The van der Waals surface area contributed by atoms with Crippen LogP contribution >= 0.6 is 22.9 Å². The lowest BCUT2D eigenvalue weighted by Crippen LogP contribution is -2.11. The third-order valence-corrected chi connectivity index (χ3v) is 4.03. The highest BCUT2D eigenvalue weighted by molar-refractivity contribution is 7.20. The molecule has 0 saturated carbocycles. The van der Waals surface area contributed by atoms with Gasteiger partial charge in [0.15, 0.2) is 5.01 Å². The van der Waals surface area contributed by atoms with Gasteiger partial charge in [0.2, 0.25) is 4.96 Å². The summed E-state index contributed by atoms with van der Waals surface area (Å²) in [6.45, 7) is 1.72. The minimum absolute atomic E-state index is 0.0623. The van der Waals surface area contributed by atoms with Gasteiger partial charge in [-0.15, -0.1) is 10.2 Å². The van der Waals surface area contributed by atoms with Crippen molar-refractivity contribution in [3.05, 3.63) is 11.5 Å². The van der Waals surface area contributed by atoms with Crippen molar-refractivity contribution < 1.29 is 13.2 Å². The van der Waals surface area contributed by atoms with E-state index in [0.717, 1.165) is 22.9 Å². The number of hydrogen-bond donors (Lipinski definition) is 1. The lowest BCUT2D eigenvalue weighted by molar-refractivity contribution is -0.146. The highest BCUT2D eigenvalue weighted by Gasteiger charge is 2.38. The molecule has 6 nitrogen and oxygen atoms in total. The van der Waals surface area contributed by atoms with Crippen LogP contribution in [0.3, 0.4) is 0 Å². The number of anilines is 1. The van der Waals surface area contributed by atoms with Crippen molar-refractivity contribution in [3.63, 3.8) is 0 Å². The lowest BCUT2D eigenvalue weighted by atomic mass is 10.3. The molecule has 100 valence electrons. The van der Waals surface area contributed by atoms with E-state index in [-0.39, 0.29) is 4.96 Å². The lowest BCUT2D eigenvalue weighted by Gasteiger charge is -2.00. The van der Waals surface area contributed by atoms with Crippen LogP contribution in [-0.2, 0) is 6.18 Å². The maximum Gasteiger partial charge on any atom is 0.453 e. The van der Waals surface area contributed by atoms with Crippen LogP contribution in [0.4, 0.5) is 18.2 Å². The highest BCUT2D eigenvalue weighted by Crippen LogP contribution is 2.36. The molecule has 3 rings (SSSR count). The van der Waals surface area contributed by atoms with E-state index in [0.29, 0.717) is 25.8 Å². The van der Waals surface area contributed by atoms with Gasteiger partial charge in [0.1, 0.15) is 5.00 Å². The first-order chi connectivity index (χ1) is 8.88. The molecule has 11 heteroatoms. The molecule has 0 aliphatic heterocycles. The van der Waals surface area contributed by atoms with E-state index >= 15 is 0 Å². The molecule has 3 aromatic rings. The fraction of sp³-hybridized carbons (Fsp3) is 0.250. The summed E-state index contributed by atoms with van der Waals surface area (Å²) in [6.07, 6.45) is -4.60. The van der Waals surface area contributed by atoms with Crippen LogP contribution in [0.15, 0.2) is 0 Å². The van der Waals surface area contributed by atoms with Gasteiger partial charge in [-0.05, 0) is 18.5 Å². The molecular weight excluding hydrogens is 301 g/mol. The first-order valence-electron chi connectivity index (χ1n) is 4.89. The molecule has 0 aliphatic carbocycles. The molecule has 0 aromatic carbocycles. The Morgan fingerprint density at radius 1 is 1.26 bits per heavy atom. The van der Waals surface area contributed by atoms with Crippen molar-refractivity contribution in [3.8, 4) is 10.6 Å². The van der Waals surface area contributed by atoms with Crippen molar-refractivity contribution in [2.45, 2.75) is 13.1 Å². The molecule has 0 bridgehead atoms. The molecular formula is C8H5F3N6S2. The zero-order valence-corrected chi connectivity index (χ0v) is 10.9. The molecule has 0 fully saturated rings. The molecule has 2 N–H and O–H groups in total. The molecule has 3 aromatic heterocycles. The summed E-state index contributed by atoms with van der Waals surface area (Å²) in [5.74, 6) is -1.15. The maximum atomic E-state index is 12.7. The molecule has 19 heavy (non-hydrogen) atoms. The van der Waals surface area contributed by atoms with Gasteiger partial charge in [0.05, 0.1) is 11.3 Å². The van der Waals surface area contributed by atoms with Crippen LogP contribution < -0.4 is 5.73 Å². The number of aryl methyl sites for hydroxylation is 1. The quantitative estimate of drug-likeness (QED) is 0.745. The predicted octanol–water partition coefficient (Wildman–Crippen LogP) is 2.22. The first-order valence-corrected chi connectivity index (χ1v) is 6.48. The minimum atomic E-state index is -4.60. The number of nitrogens with zero attached hydrogens (tertiary/aromatic N) is 5. The van der Waals surface area contributed by atoms with E-state index in [1.165, 1.54) is 0 Å². The van der Waals surface area contributed by atoms with Crippen LogP contribution in [-0.4, -0.2) is 24.2 Å². The van der Waals surface area contributed by atoms with Crippen LogP contribution in [0.1, 0.15) is 11.5 Å². The third-order valence-electron chi connectivity index (χ3n) is 2.35. The second-order valence-corrected chi connectivity index (χ2v) is 5.39. The Hall–Kier alpha value is -1.75. The van der Waals surface area contributed by atoms with Crippen LogP contribution in [0.2, 0.25) is 0 Å². The van der Waals surface area contributed by atoms with E-state index < -0.39 is 12.0 Å². The maximum absolute atomic E-state index is 12.7. The Morgan fingerprint density at radius 2 is 2.00 bits per heavy atom. The largest absolute Gasteiger partial charge is 0.453 e. The normalized spacial score (nSPS) is 12.4. The predicted molar refractivity (Wildman–Crippen MR) is 63.9 cm³/mol. The van der Waals surface area contributed by atoms with Crippen molar-refractivity contribution >= 4 is 32.8 Å². The Morgan fingerprint density at radius 3 is 2.58 bits per heavy atom. The van der Waals surface area contributed by atoms with Gasteiger partial charge in [-0.25, -0.2) is 0 Å². The first kappa shape index (κ1) is 12.3. The fourth-order valence-corrected chi connectivity index (χ4v) is 3.22. The summed E-state index contributed by atoms with van der Waals surface area (Å²) in [6, 6.07) is 0. The monoisotopic (exact) mass is 306 g/mol. The summed E-state index contributed by atoms with van der Waals surface area (Å²) in [7, 11) is 0. The van der Waals surface area contributed by atoms with Crippen molar-refractivity contribution in [1.29, 1.82) is 0 Å². The fourth-order valence-electron chi connectivity index (χ4n) is 1.54. The molecule has 0 amide bonds. The Labute approximate surface area is 111 Å². The molecule has 3 heterocycles. The number of nitrogens with two attached hydrogens (primary N) is 1. The van der Waals surface area contributed by atoms with Gasteiger partial charge in [0, 0.05) is 0 Å². The van der Waals surface area contributed by atoms with Gasteiger partial charge < -0.3 is 5.73 Å². The van der Waals surface area contributed by atoms with Crippen LogP contribution in [0, 0.1) is 6.92 Å². The van der Waals surface area contributed by atoms with E-state index in [1.54, 1.807) is 6.92 Å². The summed E-state index contributed by atoms with van der Waals surface area (Å²) in [5, 5.41) is 11.2. The summed E-state index contributed by atoms with van der Waals surface area (Å²) >= 11 is 2.06. The number of halogens is 3. The van der Waals surface area contributed by atoms with E-state index in [2.05, 4.69) is 19.7 Å². The van der Waals surface area contributed by atoms with Gasteiger partial charge in [0.25, 0.3) is 5.82 Å². The number of nitrogen functional groups attached to an aromatic ring is 1. The Bertz CT molecular complexity index is 735. The van der Waals surface area contributed by atoms with Crippen molar-refractivity contribution in [1.82, 2.24) is 24.2 Å². The SMILES string of the molecule is Cc1nsc(N)c1-c1nn2c(C(F)(F)F)nnc2s1. The topological polar surface area (TPSA) is 82.0 Å². The summed E-state index contributed by atoms with van der Waals surface area (Å²) in [4.78, 5) is 0.0623. The molecule has 0 unspecified atom stereocenters. The number of alkyl halides is 3. The summed E-state index contributed by atoms with van der Waals surface area (Å²) in [5.41, 5.74) is 6.92. The third kappa shape index (κ3) is 1.85. The zero-order chi connectivity index (χ0) is 13.8. The number of rotatable bonds is 1. The number of hydrogen-bond acceptors (Lipinski definition) is 7. The minimum Gasteiger partial charge on any atom is -0.389 e. The van der Waals surface area contributed by atoms with Crippen molar-refractivity contribution in [2.75, 3.05) is 5.73 Å². The van der Waals surface area contributed by atoms with Gasteiger partial charge in [-0.2, -0.15) is 27.2 Å². The molecule has 0 saturated heterocycles. The van der Waals surface area contributed by atoms with Crippen LogP contribution in [0.25, 0.3) is 15.5 Å². The van der Waals surface area contributed by atoms with E-state index in [1.807, 2.05) is 0 Å². The van der Waals surface area contributed by atoms with E-state index in [4.69, 9.17) is 5.73 Å². The van der Waals surface area contributed by atoms with Gasteiger partial charge in [-0.1, -0.05) is 11.3 Å². The average molecular weight is 306 g/mol. The Balaban J connectivity index is 2.21. The smallest absolute Gasteiger partial charge is 0.389 e. The second-order valence-electron chi connectivity index (χ2n) is 3.63. The summed E-state index contributed by atoms with van der Waals surface area (Å²) < 4.78 is 42.7. The zero-order valence-electron chi connectivity index (χ0n) is 9.26. The Kier molecular flexibility index (Phi) is 2.50. The molecule has 0 aliphatic rings. The highest BCUT2D eigenvalue weighted by atomic mass is 32.1. The van der Waals surface area contributed by atoms with Gasteiger partial charge >= 0.3 is 6.18 Å². The number of fused-ring (bicyclic) bond motifs is 1. The standard InChI is InChI=1S/C8H5F3N6S2/c1-2-3(4(12)19-16-2)5-15-17-6(8(9,10)11)13-14-7(17)18-5/h12H2,1H3.